The molecule has 0 radical (unpaired) electrons. The van der Waals surface area contributed by atoms with Gasteiger partial charge in [-0.15, -0.1) is 0 Å². The molecule has 0 atom stereocenters. The van der Waals surface area contributed by atoms with Crippen LogP contribution in [0.3, 0.4) is 0 Å². The average Bonchev–Trinajstić information content (AvgIpc) is 2.04. The summed E-state index contributed by atoms with van der Waals surface area (Å²) in [6, 6.07) is 1.61. The van der Waals surface area contributed by atoms with Crippen LogP contribution in [-0.4, -0.2) is 11.0 Å². The quantitative estimate of drug-likeness (QED) is 0.458. The molecule has 0 fully saturated rings. The molecule has 0 saturated heterocycles. The minimum absolute atomic E-state index is 0.200. The smallest absolute Gasteiger partial charge is 0.258 e. The Morgan fingerprint density at radius 1 is 1.54 bits per heavy atom. The van der Waals surface area contributed by atoms with Crippen LogP contribution in [0.2, 0.25) is 0 Å². The summed E-state index contributed by atoms with van der Waals surface area (Å²) in [5.41, 5.74) is -0.654. The van der Waals surface area contributed by atoms with Crippen LogP contribution in [0.5, 0.6) is 0 Å². The van der Waals surface area contributed by atoms with E-state index in [0.29, 0.717) is 0 Å². The minimum Gasteiger partial charge on any atom is -0.258 e. The molecule has 0 bridgehead atoms. The van der Waals surface area contributed by atoms with Gasteiger partial charge in [0.1, 0.15) is 0 Å². The Hall–Kier alpha value is -1.30. The topological polar surface area (TPSA) is 60.2 Å². The highest BCUT2D eigenvalue weighted by atomic mass is 79.9. The van der Waals surface area contributed by atoms with E-state index in [1.165, 1.54) is 12.1 Å². The van der Waals surface area contributed by atoms with E-state index in [1.54, 1.807) is 0 Å². The summed E-state index contributed by atoms with van der Waals surface area (Å²) in [5.74, 6) is 0. The molecule has 0 saturated carbocycles. The van der Waals surface area contributed by atoms with Crippen molar-refractivity contribution in [3.8, 4) is 0 Å². The van der Waals surface area contributed by atoms with Gasteiger partial charge in [-0.3, -0.25) is 14.9 Å². The molecule has 68 valence electrons. The molecule has 0 aliphatic rings. The summed E-state index contributed by atoms with van der Waals surface area (Å²) < 4.78 is 12.4. The lowest BCUT2D eigenvalue weighted by Gasteiger charge is -1.96. The normalized spacial score (nSPS) is 9.69. The van der Waals surface area contributed by atoms with E-state index in [9.17, 15) is 19.3 Å². The molecule has 4 nitrogen and oxygen atoms in total. The second-order valence-electron chi connectivity index (χ2n) is 2.19. The molecular weight excluding hydrogens is 245 g/mol. The van der Waals surface area contributed by atoms with Gasteiger partial charge in [0.2, 0.25) is 0 Å². The number of non-ortho nitro benzene ring substituents is 1. The monoisotopic (exact) mass is 247 g/mol. The molecule has 0 N–H and O–H groups in total. The standard InChI is InChI=1S/C7H3BrFNO3/c8-6-2-1-4(10(12)13)3-5(6)7(9)11/h1-3H. The number of rotatable bonds is 2. The first-order valence-corrected chi connectivity index (χ1v) is 3.95. The molecule has 6 heteroatoms. The molecule has 1 aromatic rings. The lowest BCUT2D eigenvalue weighted by Crippen LogP contribution is -1.95. The molecule has 1 rings (SSSR count). The Morgan fingerprint density at radius 3 is 2.62 bits per heavy atom. The van der Waals surface area contributed by atoms with E-state index < -0.39 is 11.0 Å². The van der Waals surface area contributed by atoms with Crippen molar-refractivity contribution >= 4 is 27.7 Å². The lowest BCUT2D eigenvalue weighted by molar-refractivity contribution is -0.384. The summed E-state index contributed by atoms with van der Waals surface area (Å²) in [7, 11) is 0. The van der Waals surface area contributed by atoms with Gasteiger partial charge in [-0.2, -0.15) is 4.39 Å². The van der Waals surface area contributed by atoms with Crippen molar-refractivity contribution < 1.29 is 14.1 Å². The number of nitro benzene ring substituents is 1. The largest absolute Gasteiger partial charge is 0.333 e. The summed E-state index contributed by atoms with van der Waals surface area (Å²) in [6.07, 6.45) is 0. The van der Waals surface area contributed by atoms with Gasteiger partial charge in [0.15, 0.2) is 0 Å². The fraction of sp³-hybridized carbons (Fsp3) is 0. The fourth-order valence-corrected chi connectivity index (χ4v) is 1.18. The Morgan fingerprint density at radius 2 is 2.15 bits per heavy atom. The third kappa shape index (κ3) is 2.09. The SMILES string of the molecule is O=C(F)c1cc([N+](=O)[O-])ccc1Br. The van der Waals surface area contributed by atoms with E-state index in [-0.39, 0.29) is 15.7 Å². The highest BCUT2D eigenvalue weighted by Gasteiger charge is 2.14. The van der Waals surface area contributed by atoms with Crippen LogP contribution in [0, 0.1) is 10.1 Å². The van der Waals surface area contributed by atoms with Crippen molar-refractivity contribution in [2.45, 2.75) is 0 Å². The van der Waals surface area contributed by atoms with Crippen LogP contribution in [-0.2, 0) is 0 Å². The van der Waals surface area contributed by atoms with E-state index in [0.717, 1.165) is 6.07 Å². The summed E-state index contributed by atoms with van der Waals surface area (Å²) >= 11 is 2.90. The van der Waals surface area contributed by atoms with Crippen molar-refractivity contribution in [2.75, 3.05) is 0 Å². The number of carbonyl (C=O) groups is 1. The predicted molar refractivity (Wildman–Crippen MR) is 46.2 cm³/mol. The van der Waals surface area contributed by atoms with Gasteiger partial charge < -0.3 is 0 Å². The van der Waals surface area contributed by atoms with Crippen LogP contribution < -0.4 is 0 Å². The Bertz CT molecular complexity index is 380. The Balaban J connectivity index is 3.27. The summed E-state index contributed by atoms with van der Waals surface area (Å²) in [5, 5.41) is 10.2. The summed E-state index contributed by atoms with van der Waals surface area (Å²) in [6.45, 7) is 0. The maximum absolute atomic E-state index is 12.2. The molecule has 0 aliphatic carbocycles. The van der Waals surface area contributed by atoms with Crippen molar-refractivity contribution in [3.63, 3.8) is 0 Å². The van der Waals surface area contributed by atoms with Gasteiger partial charge in [0.05, 0.1) is 10.5 Å². The summed E-state index contributed by atoms with van der Waals surface area (Å²) in [4.78, 5) is 19.9. The molecule has 0 heterocycles. The van der Waals surface area contributed by atoms with Crippen LogP contribution in [0.25, 0.3) is 0 Å². The van der Waals surface area contributed by atoms with E-state index in [4.69, 9.17) is 0 Å². The Kier molecular flexibility index (Phi) is 2.72. The van der Waals surface area contributed by atoms with E-state index in [2.05, 4.69) is 15.9 Å². The maximum Gasteiger partial charge on any atom is 0.333 e. The number of nitrogens with zero attached hydrogens (tertiary/aromatic N) is 1. The molecule has 0 aliphatic heterocycles. The zero-order valence-corrected chi connectivity index (χ0v) is 7.75. The van der Waals surface area contributed by atoms with Gasteiger partial charge in [0.25, 0.3) is 5.69 Å². The van der Waals surface area contributed by atoms with Gasteiger partial charge in [-0.05, 0) is 22.0 Å². The van der Waals surface area contributed by atoms with Crippen molar-refractivity contribution in [1.29, 1.82) is 0 Å². The fourth-order valence-electron chi connectivity index (χ4n) is 0.777. The third-order valence-electron chi connectivity index (χ3n) is 1.37. The number of benzene rings is 1. The van der Waals surface area contributed by atoms with Crippen LogP contribution in [0.1, 0.15) is 10.4 Å². The lowest BCUT2D eigenvalue weighted by atomic mass is 10.2. The highest BCUT2D eigenvalue weighted by molar-refractivity contribution is 9.10. The molecule has 1 aromatic carbocycles. The number of nitro groups is 1. The average molecular weight is 248 g/mol. The molecule has 0 spiro atoms. The van der Waals surface area contributed by atoms with Gasteiger partial charge in [-0.1, -0.05) is 0 Å². The molecule has 0 amide bonds. The molecular formula is C7H3BrFNO3. The van der Waals surface area contributed by atoms with Gasteiger partial charge in [-0.25, -0.2) is 0 Å². The molecule has 0 aromatic heterocycles. The van der Waals surface area contributed by atoms with Crippen molar-refractivity contribution in [1.82, 2.24) is 0 Å². The van der Waals surface area contributed by atoms with E-state index in [1.807, 2.05) is 0 Å². The van der Waals surface area contributed by atoms with Crippen LogP contribution in [0.4, 0.5) is 10.1 Å². The first-order valence-electron chi connectivity index (χ1n) is 3.16. The number of halogens is 2. The number of carbonyl (C=O) groups excluding carboxylic acids is 1. The van der Waals surface area contributed by atoms with Gasteiger partial charge in [0, 0.05) is 16.6 Å². The van der Waals surface area contributed by atoms with Crippen LogP contribution >= 0.6 is 15.9 Å². The zero-order chi connectivity index (χ0) is 10.0. The minimum atomic E-state index is -1.70. The highest BCUT2D eigenvalue weighted by Crippen LogP contribution is 2.22. The van der Waals surface area contributed by atoms with Crippen LogP contribution in [0.15, 0.2) is 22.7 Å². The molecule has 13 heavy (non-hydrogen) atoms. The Labute approximate surface area is 80.6 Å². The first kappa shape index (κ1) is 9.79. The van der Waals surface area contributed by atoms with Crippen molar-refractivity contribution in [2.24, 2.45) is 0 Å². The predicted octanol–water partition coefficient (Wildman–Crippen LogP) is 2.47. The number of hydrogen-bond acceptors (Lipinski definition) is 3. The third-order valence-corrected chi connectivity index (χ3v) is 2.06. The first-order chi connectivity index (χ1) is 6.02. The maximum atomic E-state index is 12.2. The second kappa shape index (κ2) is 3.61. The van der Waals surface area contributed by atoms with E-state index >= 15 is 0 Å². The van der Waals surface area contributed by atoms with Crippen molar-refractivity contribution in [3.05, 3.63) is 38.3 Å². The zero-order valence-electron chi connectivity index (χ0n) is 6.16. The second-order valence-corrected chi connectivity index (χ2v) is 3.05. The molecule has 0 unspecified atom stereocenters. The number of hydrogen-bond donors (Lipinski definition) is 0. The van der Waals surface area contributed by atoms with Gasteiger partial charge >= 0.3 is 6.04 Å².